The molecule has 3 amide bonds. The molecule has 25 heteroatoms. The number of thiazole rings is 2. The Morgan fingerprint density at radius 2 is 1.01 bits per heavy atom. The molecule has 0 bridgehead atoms. The molecule has 450 valence electrons. The molecule has 0 unspecified atom stereocenters. The molecule has 0 radical (unpaired) electrons. The molecule has 4 aromatic heterocycles. The summed E-state index contributed by atoms with van der Waals surface area (Å²) in [7, 11) is 0. The minimum Gasteiger partial charge on any atom is -0.444 e. The summed E-state index contributed by atoms with van der Waals surface area (Å²) in [5.74, 6) is 0.923. The molecule has 8 heterocycles. The average Bonchev–Trinajstić information content (AvgIpc) is 1.30. The van der Waals surface area contributed by atoms with Crippen LogP contribution < -0.4 is 18.9 Å². The van der Waals surface area contributed by atoms with E-state index in [4.69, 9.17) is 23.7 Å². The number of likely N-dealkylation sites (tertiary alicyclic amines) is 4. The number of carbonyl (C=O) groups is 4. The Bertz CT molecular complexity index is 3650. The molecule has 0 aliphatic carbocycles. The second kappa shape index (κ2) is 25.3. The zero-order chi connectivity index (χ0) is 60.9. The number of rotatable bonds is 9. The first kappa shape index (κ1) is 60.7. The maximum Gasteiger partial charge on any atom is 0.418 e. The number of fused-ring (bicyclic) bond motifs is 2. The topological polar surface area (TPSA) is 179 Å². The predicted molar refractivity (Wildman–Crippen MR) is 308 cm³/mol. The van der Waals surface area contributed by atoms with Crippen molar-refractivity contribution in [3.8, 4) is 33.4 Å². The van der Waals surface area contributed by atoms with Gasteiger partial charge in [-0.25, -0.2) is 24.4 Å². The lowest BCUT2D eigenvalue weighted by Gasteiger charge is -2.54. The van der Waals surface area contributed by atoms with Crippen molar-refractivity contribution in [2.24, 2.45) is 10.8 Å². The lowest BCUT2D eigenvalue weighted by atomic mass is 9.72. The van der Waals surface area contributed by atoms with Gasteiger partial charge in [0.05, 0.1) is 44.0 Å². The van der Waals surface area contributed by atoms with Gasteiger partial charge >= 0.3 is 30.6 Å². The molecular weight excluding hydrogens is 1170 g/mol. The van der Waals surface area contributed by atoms with Crippen LogP contribution in [-0.4, -0.2) is 122 Å². The van der Waals surface area contributed by atoms with Gasteiger partial charge in [-0.05, 0) is 118 Å². The maximum absolute atomic E-state index is 12.9. The standard InChI is InChI=1S/C28H25F3N4O3S.C19H24F3N3O4.C14H9NO2S/c29-28(30,31)20-13-22(15-32-14-20)38-26(36)35-10-8-27(9-11-35)17-34(18-27)16-19-4-3-5-21(12-19)37-25-33-23-6-1-2-7-24(23)39-25;1-17(2,3)29-16(27)25-11-18(12-25)4-6-24(7-5-18)15(26)28-14-8-13(9-23-10-14)19(20,21)22;16-9-10-4-3-5-11(8-10)17-14-15-12-6-1-2-7-13(12)18-14/h1-7,12-15H,8-11,16-18H2;8-10H,4-7,11-12H2,1-3H3;1-9H. The van der Waals surface area contributed by atoms with Gasteiger partial charge in [-0.3, -0.25) is 19.7 Å². The fraction of sp³-hybridized carbons (Fsp3) is 0.344. The van der Waals surface area contributed by atoms with Crippen LogP contribution in [0.2, 0.25) is 0 Å². The van der Waals surface area contributed by atoms with Crippen LogP contribution in [0.3, 0.4) is 0 Å². The van der Waals surface area contributed by atoms with E-state index in [1.807, 2.05) is 87.5 Å². The van der Waals surface area contributed by atoms with Crippen molar-refractivity contribution in [3.63, 3.8) is 0 Å². The highest BCUT2D eigenvalue weighted by molar-refractivity contribution is 7.20. The van der Waals surface area contributed by atoms with Gasteiger partial charge in [0.25, 0.3) is 10.4 Å². The van der Waals surface area contributed by atoms with Gasteiger partial charge in [-0.15, -0.1) is 0 Å². The van der Waals surface area contributed by atoms with Gasteiger partial charge < -0.3 is 38.4 Å². The second-order valence-corrected chi connectivity index (χ2v) is 24.4. The highest BCUT2D eigenvalue weighted by atomic mass is 32.1. The number of halogens is 6. The van der Waals surface area contributed by atoms with Gasteiger partial charge in [0.15, 0.2) is 11.5 Å². The molecule has 2 spiro atoms. The van der Waals surface area contributed by atoms with Gasteiger partial charge in [-0.2, -0.15) is 26.3 Å². The fourth-order valence-corrected chi connectivity index (χ4v) is 12.1. The van der Waals surface area contributed by atoms with Crippen molar-refractivity contribution >= 4 is 67.7 Å². The predicted octanol–water partition coefficient (Wildman–Crippen LogP) is 14.4. The van der Waals surface area contributed by atoms with E-state index in [0.717, 1.165) is 95.0 Å². The molecule has 4 aliphatic heterocycles. The van der Waals surface area contributed by atoms with Crippen molar-refractivity contribution in [1.29, 1.82) is 0 Å². The molecule has 0 atom stereocenters. The van der Waals surface area contributed by atoms with Gasteiger partial charge in [0.2, 0.25) is 0 Å². The number of aldehydes is 1. The van der Waals surface area contributed by atoms with Gasteiger partial charge in [-0.1, -0.05) is 71.2 Å². The molecule has 86 heavy (non-hydrogen) atoms. The zero-order valence-electron chi connectivity index (χ0n) is 46.8. The molecule has 0 N–H and O–H groups in total. The molecule has 17 nitrogen and oxygen atoms in total. The maximum atomic E-state index is 12.9. The summed E-state index contributed by atoms with van der Waals surface area (Å²) in [6.07, 6.45) is -3.44. The summed E-state index contributed by atoms with van der Waals surface area (Å²) in [4.78, 5) is 70.5. The van der Waals surface area contributed by atoms with Crippen molar-refractivity contribution in [2.45, 2.75) is 71.0 Å². The first-order valence-electron chi connectivity index (χ1n) is 27.4. The van der Waals surface area contributed by atoms with Gasteiger partial charge in [0.1, 0.15) is 23.4 Å². The molecule has 4 aliphatic rings. The number of nitrogens with zero attached hydrogens (tertiary/aromatic N) is 8. The van der Waals surface area contributed by atoms with E-state index in [1.165, 1.54) is 27.6 Å². The summed E-state index contributed by atoms with van der Waals surface area (Å²) in [5.41, 5.74) is 1.20. The Labute approximate surface area is 498 Å². The number of pyridine rings is 2. The molecule has 4 fully saturated rings. The second-order valence-electron chi connectivity index (χ2n) is 22.4. The van der Waals surface area contributed by atoms with Crippen LogP contribution in [0.5, 0.6) is 33.4 Å². The minimum absolute atomic E-state index is 0.0502. The van der Waals surface area contributed by atoms with E-state index in [9.17, 15) is 45.5 Å². The number of piperidine rings is 2. The van der Waals surface area contributed by atoms with E-state index in [2.05, 4.69) is 30.9 Å². The first-order valence-corrected chi connectivity index (χ1v) is 29.0. The van der Waals surface area contributed by atoms with E-state index in [1.54, 1.807) is 34.1 Å². The smallest absolute Gasteiger partial charge is 0.418 e. The summed E-state index contributed by atoms with van der Waals surface area (Å²) >= 11 is 3.00. The SMILES string of the molecule is CC(C)(C)OC(=O)N1CC2(CCN(C(=O)Oc3cncc(C(F)(F)F)c3)CC2)C1.O=C(Oc1cncc(C(F)(F)F)c1)N1CCC2(CC1)CN(Cc1cccc(Oc3nc4ccccc4s3)c1)C2.O=Cc1cccc(Oc2nc3ccccc3s2)c1. The van der Waals surface area contributed by atoms with Gasteiger partial charge in [0, 0.05) is 82.3 Å². The summed E-state index contributed by atoms with van der Waals surface area (Å²) < 4.78 is 106. The number of hydrogen-bond donors (Lipinski definition) is 0. The Hall–Kier alpha value is -8.42. The molecule has 4 saturated heterocycles. The number of para-hydroxylation sites is 2. The monoisotopic (exact) mass is 1220 g/mol. The number of amides is 3. The lowest BCUT2D eigenvalue weighted by Crippen LogP contribution is -2.62. The van der Waals surface area contributed by atoms with Crippen LogP contribution in [0, 0.1) is 10.8 Å². The van der Waals surface area contributed by atoms with E-state index in [-0.39, 0.29) is 28.4 Å². The van der Waals surface area contributed by atoms with E-state index < -0.39 is 41.3 Å². The van der Waals surface area contributed by atoms with Crippen molar-refractivity contribution in [1.82, 2.24) is 39.5 Å². The van der Waals surface area contributed by atoms with Crippen LogP contribution in [-0.2, 0) is 23.6 Å². The van der Waals surface area contributed by atoms with Crippen molar-refractivity contribution < 1.29 is 69.2 Å². The molecular formula is C61H58F6N8O9S2. The van der Waals surface area contributed by atoms with E-state index >= 15 is 0 Å². The quantitative estimate of drug-likeness (QED) is 0.0984. The van der Waals surface area contributed by atoms with Crippen LogP contribution in [0.1, 0.15) is 73.5 Å². The summed E-state index contributed by atoms with van der Waals surface area (Å²) in [5, 5.41) is 1.20. The minimum atomic E-state index is -4.56. The normalized spacial score (nSPS) is 16.4. The summed E-state index contributed by atoms with van der Waals surface area (Å²) in [6.45, 7) is 11.1. The number of hydrogen-bond acceptors (Lipinski definition) is 16. The largest absolute Gasteiger partial charge is 0.444 e. The summed E-state index contributed by atoms with van der Waals surface area (Å²) in [6, 6.07) is 32.4. The number of benzene rings is 4. The molecule has 4 aromatic carbocycles. The average molecular weight is 1230 g/mol. The Kier molecular flexibility index (Phi) is 17.8. The van der Waals surface area contributed by atoms with Crippen LogP contribution in [0.4, 0.5) is 40.7 Å². The Balaban J connectivity index is 0.000000153. The van der Waals surface area contributed by atoms with Crippen molar-refractivity contribution in [2.75, 3.05) is 52.4 Å². The number of carbonyl (C=O) groups excluding carboxylic acids is 4. The number of aromatic nitrogens is 4. The van der Waals surface area contributed by atoms with Crippen LogP contribution >= 0.6 is 22.7 Å². The first-order chi connectivity index (χ1) is 41.0. The molecule has 0 saturated carbocycles. The third-order valence-corrected chi connectivity index (χ3v) is 16.6. The molecule has 12 rings (SSSR count). The third kappa shape index (κ3) is 15.5. The van der Waals surface area contributed by atoms with E-state index in [0.29, 0.717) is 86.2 Å². The van der Waals surface area contributed by atoms with Crippen LogP contribution in [0.15, 0.2) is 134 Å². The number of alkyl halides is 6. The highest BCUT2D eigenvalue weighted by Gasteiger charge is 2.49. The van der Waals surface area contributed by atoms with Crippen molar-refractivity contribution in [3.05, 3.63) is 156 Å². The highest BCUT2D eigenvalue weighted by Crippen LogP contribution is 2.44. The molecule has 8 aromatic rings. The fourth-order valence-electron chi connectivity index (χ4n) is 10.4. The zero-order valence-corrected chi connectivity index (χ0v) is 48.4. The Morgan fingerprint density at radius 3 is 1.48 bits per heavy atom. The van der Waals surface area contributed by atoms with Crippen LogP contribution in [0.25, 0.3) is 20.4 Å². The lowest BCUT2D eigenvalue weighted by molar-refractivity contribution is -0.138. The number of ether oxygens (including phenoxy) is 5. The third-order valence-electron chi connectivity index (χ3n) is 14.7. The Morgan fingerprint density at radius 1 is 0.547 bits per heavy atom.